The Morgan fingerprint density at radius 2 is 2.16 bits per heavy atom. The molecule has 1 aromatic carbocycles. The molecule has 0 spiro atoms. The Morgan fingerprint density at radius 1 is 1.53 bits per heavy atom. The molecule has 2 N–H and O–H groups in total. The molecule has 0 unspecified atom stereocenters. The summed E-state index contributed by atoms with van der Waals surface area (Å²) in [5.74, 6) is -0.303. The maximum atomic E-state index is 11.5. The zero-order valence-corrected chi connectivity index (χ0v) is 13.5. The molecule has 0 fully saturated rings. The summed E-state index contributed by atoms with van der Waals surface area (Å²) >= 11 is 8.48. The smallest absolute Gasteiger partial charge is 0.325 e. The summed E-state index contributed by atoms with van der Waals surface area (Å²) in [6, 6.07) is 5.72. The number of carbonyl (C=O) groups excluding carboxylic acids is 1. The van der Waals surface area contributed by atoms with Gasteiger partial charge in [0.1, 0.15) is 11.5 Å². The monoisotopic (exact) mass is 344 g/mol. The molecule has 0 heterocycles. The van der Waals surface area contributed by atoms with Crippen LogP contribution in [0.25, 0.3) is 0 Å². The van der Waals surface area contributed by atoms with Crippen LogP contribution in [0.1, 0.15) is 19.4 Å². The second-order valence-corrected chi connectivity index (χ2v) is 5.68. The van der Waals surface area contributed by atoms with E-state index >= 15 is 0 Å². The standard InChI is InChI=1S/C13H17BrN2O2S/c1-8(2)16(7-12(17)18-3)11-6-9(14)4-5-10(11)13(15)19/h4-6,8H,7H2,1-3H3,(H2,15,19). The summed E-state index contributed by atoms with van der Waals surface area (Å²) in [4.78, 5) is 13.7. The van der Waals surface area contributed by atoms with Crippen molar-refractivity contribution in [1.82, 2.24) is 0 Å². The van der Waals surface area contributed by atoms with Crippen molar-refractivity contribution in [1.29, 1.82) is 0 Å². The van der Waals surface area contributed by atoms with E-state index in [1.54, 1.807) is 0 Å². The first-order valence-electron chi connectivity index (χ1n) is 5.79. The third-order valence-corrected chi connectivity index (χ3v) is 3.40. The van der Waals surface area contributed by atoms with Crippen LogP contribution < -0.4 is 10.6 Å². The van der Waals surface area contributed by atoms with Gasteiger partial charge in [-0.05, 0) is 32.0 Å². The highest BCUT2D eigenvalue weighted by atomic mass is 79.9. The number of esters is 1. The first-order valence-corrected chi connectivity index (χ1v) is 6.99. The van der Waals surface area contributed by atoms with Crippen LogP contribution in [0.3, 0.4) is 0 Å². The third-order valence-electron chi connectivity index (χ3n) is 2.69. The topological polar surface area (TPSA) is 55.6 Å². The van der Waals surface area contributed by atoms with Crippen molar-refractivity contribution >= 4 is 44.8 Å². The Morgan fingerprint density at radius 3 is 2.63 bits per heavy atom. The molecule has 104 valence electrons. The molecule has 0 radical (unpaired) electrons. The molecule has 0 aliphatic heterocycles. The molecular formula is C13H17BrN2O2S. The highest BCUT2D eigenvalue weighted by Gasteiger charge is 2.19. The average Bonchev–Trinajstić information content (AvgIpc) is 2.34. The van der Waals surface area contributed by atoms with Gasteiger partial charge >= 0.3 is 5.97 Å². The summed E-state index contributed by atoms with van der Waals surface area (Å²) in [5.41, 5.74) is 7.31. The van der Waals surface area contributed by atoms with Crippen molar-refractivity contribution in [3.63, 3.8) is 0 Å². The Labute approximate surface area is 127 Å². The van der Waals surface area contributed by atoms with Crippen LogP contribution in [0.5, 0.6) is 0 Å². The number of benzene rings is 1. The Kier molecular flexibility index (Phi) is 5.75. The number of thiocarbonyl (C=S) groups is 1. The highest BCUT2D eigenvalue weighted by molar-refractivity contribution is 9.10. The number of carbonyl (C=O) groups is 1. The van der Waals surface area contributed by atoms with Crippen molar-refractivity contribution < 1.29 is 9.53 Å². The molecule has 0 saturated carbocycles. The van der Waals surface area contributed by atoms with Crippen molar-refractivity contribution in [2.45, 2.75) is 19.9 Å². The quantitative estimate of drug-likeness (QED) is 0.656. The van der Waals surface area contributed by atoms with E-state index in [2.05, 4.69) is 15.9 Å². The third kappa shape index (κ3) is 4.18. The fraction of sp³-hybridized carbons (Fsp3) is 0.385. The van der Waals surface area contributed by atoms with Crippen LogP contribution in [-0.2, 0) is 9.53 Å². The van der Waals surface area contributed by atoms with Crippen LogP contribution in [0.2, 0.25) is 0 Å². The van der Waals surface area contributed by atoms with Crippen molar-refractivity contribution in [3.8, 4) is 0 Å². The molecule has 6 heteroatoms. The van der Waals surface area contributed by atoms with E-state index in [-0.39, 0.29) is 18.6 Å². The molecule has 0 bridgehead atoms. The van der Waals surface area contributed by atoms with Crippen LogP contribution >= 0.6 is 28.1 Å². The molecule has 1 aromatic rings. The second-order valence-electron chi connectivity index (χ2n) is 4.32. The summed E-state index contributed by atoms with van der Waals surface area (Å²) in [5, 5.41) is 0. The van der Waals surface area contributed by atoms with E-state index in [9.17, 15) is 4.79 Å². The average molecular weight is 345 g/mol. The predicted molar refractivity (Wildman–Crippen MR) is 84.5 cm³/mol. The van der Waals surface area contributed by atoms with Crippen LogP contribution in [0.4, 0.5) is 5.69 Å². The zero-order chi connectivity index (χ0) is 14.6. The minimum atomic E-state index is -0.303. The molecule has 0 aliphatic rings. The van der Waals surface area contributed by atoms with E-state index in [1.165, 1.54) is 7.11 Å². The minimum absolute atomic E-state index is 0.112. The lowest BCUT2D eigenvalue weighted by molar-refractivity contribution is -0.139. The maximum Gasteiger partial charge on any atom is 0.325 e. The summed E-state index contributed by atoms with van der Waals surface area (Å²) in [7, 11) is 1.37. The van der Waals surface area contributed by atoms with Crippen molar-refractivity contribution in [2.24, 2.45) is 5.73 Å². The lowest BCUT2D eigenvalue weighted by Crippen LogP contribution is -2.37. The Bertz CT molecular complexity index is 492. The molecule has 0 aliphatic carbocycles. The number of hydrogen-bond donors (Lipinski definition) is 1. The molecule has 0 saturated heterocycles. The molecule has 0 amide bonds. The first-order chi connectivity index (χ1) is 8.86. The Balaban J connectivity index is 3.24. The number of ether oxygens (including phenoxy) is 1. The summed E-state index contributed by atoms with van der Waals surface area (Å²) in [6.45, 7) is 4.14. The zero-order valence-electron chi connectivity index (χ0n) is 11.1. The number of anilines is 1. The lowest BCUT2D eigenvalue weighted by Gasteiger charge is -2.29. The van der Waals surface area contributed by atoms with Gasteiger partial charge in [-0.15, -0.1) is 0 Å². The molecule has 19 heavy (non-hydrogen) atoms. The fourth-order valence-electron chi connectivity index (χ4n) is 1.70. The van der Waals surface area contributed by atoms with Gasteiger partial charge in [-0.3, -0.25) is 4.79 Å². The number of methoxy groups -OCH3 is 1. The van der Waals surface area contributed by atoms with E-state index in [1.807, 2.05) is 36.9 Å². The van der Waals surface area contributed by atoms with E-state index in [0.29, 0.717) is 4.99 Å². The number of hydrogen-bond acceptors (Lipinski definition) is 4. The highest BCUT2D eigenvalue weighted by Crippen LogP contribution is 2.27. The van der Waals surface area contributed by atoms with Gasteiger partial charge < -0.3 is 15.4 Å². The Hall–Kier alpha value is -1.14. The SMILES string of the molecule is COC(=O)CN(c1cc(Br)ccc1C(N)=S)C(C)C. The lowest BCUT2D eigenvalue weighted by atomic mass is 10.1. The van der Waals surface area contributed by atoms with Crippen molar-refractivity contribution in [3.05, 3.63) is 28.2 Å². The maximum absolute atomic E-state index is 11.5. The van der Waals surface area contributed by atoms with Crippen LogP contribution in [0, 0.1) is 0 Å². The molecule has 4 nitrogen and oxygen atoms in total. The van der Waals surface area contributed by atoms with Gasteiger partial charge in [0.2, 0.25) is 0 Å². The number of rotatable bonds is 5. The summed E-state index contributed by atoms with van der Waals surface area (Å²) < 4.78 is 5.63. The van der Waals surface area contributed by atoms with Crippen LogP contribution in [-0.4, -0.2) is 30.7 Å². The normalized spacial score (nSPS) is 10.4. The minimum Gasteiger partial charge on any atom is -0.468 e. The van der Waals surface area contributed by atoms with E-state index < -0.39 is 0 Å². The molecular weight excluding hydrogens is 328 g/mol. The van der Waals surface area contributed by atoms with E-state index in [0.717, 1.165) is 15.7 Å². The summed E-state index contributed by atoms with van der Waals surface area (Å²) in [6.07, 6.45) is 0. The number of halogens is 1. The van der Waals surface area contributed by atoms with Gasteiger partial charge in [0.15, 0.2) is 0 Å². The van der Waals surface area contributed by atoms with Gasteiger partial charge in [0, 0.05) is 21.8 Å². The largest absolute Gasteiger partial charge is 0.468 e. The van der Waals surface area contributed by atoms with Gasteiger partial charge in [0.25, 0.3) is 0 Å². The number of nitrogens with two attached hydrogens (primary N) is 1. The van der Waals surface area contributed by atoms with Gasteiger partial charge in [-0.25, -0.2) is 0 Å². The van der Waals surface area contributed by atoms with Gasteiger partial charge in [-0.2, -0.15) is 0 Å². The fourth-order valence-corrected chi connectivity index (χ4v) is 2.22. The predicted octanol–water partition coefficient (Wildman–Crippen LogP) is 2.47. The molecule has 1 rings (SSSR count). The first kappa shape index (κ1) is 15.9. The van der Waals surface area contributed by atoms with Crippen molar-refractivity contribution in [2.75, 3.05) is 18.6 Å². The van der Waals surface area contributed by atoms with Crippen LogP contribution in [0.15, 0.2) is 22.7 Å². The molecule has 0 atom stereocenters. The van der Waals surface area contributed by atoms with Gasteiger partial charge in [0.05, 0.1) is 7.11 Å². The van der Waals surface area contributed by atoms with E-state index in [4.69, 9.17) is 22.7 Å². The second kappa shape index (κ2) is 6.86. The molecule has 0 aromatic heterocycles. The number of nitrogens with zero attached hydrogens (tertiary/aromatic N) is 1. The van der Waals surface area contributed by atoms with Gasteiger partial charge in [-0.1, -0.05) is 28.1 Å².